The zero-order valence-electron chi connectivity index (χ0n) is 21.9. The predicted molar refractivity (Wildman–Crippen MR) is 138 cm³/mol. The molecule has 34 heavy (non-hydrogen) atoms. The average molecular weight is 589 g/mol. The number of benzene rings is 2. The Bertz CT molecular complexity index is 1080. The normalized spacial score (nSPS) is 21.2. The molecule has 0 saturated heterocycles. The van der Waals surface area contributed by atoms with Crippen molar-refractivity contribution in [2.24, 2.45) is 11.8 Å². The van der Waals surface area contributed by atoms with Gasteiger partial charge < -0.3 is 24.8 Å². The largest absolute Gasteiger partial charge is 1.00 e. The third-order valence-corrected chi connectivity index (χ3v) is 17.0. The molecule has 180 valence electrons. The summed E-state index contributed by atoms with van der Waals surface area (Å²) in [6, 6.07) is 15.2. The minimum atomic E-state index is -1.82. The molecular formula is C30H38Cl2SiZr. The number of allylic oxidation sites excluding steroid dienone is 2. The first kappa shape index (κ1) is 28.2. The van der Waals surface area contributed by atoms with Gasteiger partial charge in [0.1, 0.15) is 0 Å². The smallest absolute Gasteiger partial charge is 1.00 e. The summed E-state index contributed by atoms with van der Waals surface area (Å²) in [5, 5.41) is 3.58. The molecule has 5 rings (SSSR count). The zero-order chi connectivity index (χ0) is 22.9. The van der Waals surface area contributed by atoms with Crippen LogP contribution in [0.4, 0.5) is 0 Å². The number of hydrogen-bond acceptors (Lipinski definition) is 0. The van der Waals surface area contributed by atoms with Crippen LogP contribution in [0.2, 0.25) is 13.1 Å². The molecule has 0 nitrogen and oxygen atoms in total. The van der Waals surface area contributed by atoms with E-state index in [-0.39, 0.29) is 24.8 Å². The topological polar surface area (TPSA) is 0 Å². The predicted octanol–water partition coefficient (Wildman–Crippen LogP) is 2.33. The summed E-state index contributed by atoms with van der Waals surface area (Å²) < 4.78 is 1.51. The van der Waals surface area contributed by atoms with Crippen LogP contribution >= 0.6 is 0 Å². The molecule has 1 aliphatic heterocycles. The van der Waals surface area contributed by atoms with Gasteiger partial charge in [0.2, 0.25) is 0 Å². The van der Waals surface area contributed by atoms with Crippen molar-refractivity contribution in [3.05, 3.63) is 80.9 Å². The maximum absolute atomic E-state index is 2.66. The van der Waals surface area contributed by atoms with Crippen molar-refractivity contribution in [1.29, 1.82) is 0 Å². The van der Waals surface area contributed by atoms with Gasteiger partial charge in [-0.2, -0.15) is 0 Å². The van der Waals surface area contributed by atoms with Crippen LogP contribution in [0.15, 0.2) is 47.5 Å². The van der Waals surface area contributed by atoms with Gasteiger partial charge in [-0.25, -0.2) is 0 Å². The fourth-order valence-corrected chi connectivity index (χ4v) is 16.8. The van der Waals surface area contributed by atoms with Gasteiger partial charge in [-0.05, 0) is 0 Å². The quantitative estimate of drug-likeness (QED) is 0.482. The van der Waals surface area contributed by atoms with Crippen molar-refractivity contribution in [2.45, 2.75) is 74.7 Å². The molecule has 2 aromatic carbocycles. The molecule has 0 saturated carbocycles. The Balaban J connectivity index is 0.00000162. The van der Waals surface area contributed by atoms with Crippen LogP contribution in [0.25, 0.3) is 10.4 Å². The van der Waals surface area contributed by atoms with E-state index in [0.29, 0.717) is 11.8 Å². The monoisotopic (exact) mass is 586 g/mol. The van der Waals surface area contributed by atoms with Gasteiger partial charge in [0.25, 0.3) is 0 Å². The van der Waals surface area contributed by atoms with Crippen LogP contribution < -0.4 is 24.8 Å². The summed E-state index contributed by atoms with van der Waals surface area (Å²) in [6.07, 6.45) is 2.38. The fourth-order valence-electron chi connectivity index (χ4n) is 6.90. The van der Waals surface area contributed by atoms with E-state index in [9.17, 15) is 0 Å². The molecule has 0 spiro atoms. The summed E-state index contributed by atoms with van der Waals surface area (Å²) in [5.74, 6) is 1.42. The first-order chi connectivity index (χ1) is 15.1. The van der Waals surface area contributed by atoms with E-state index < -0.39 is 31.3 Å². The number of hydrogen-bond donors (Lipinski definition) is 0. The summed E-state index contributed by atoms with van der Waals surface area (Å²) in [6.45, 7) is 19.7. The molecular weight excluding hydrogens is 551 g/mol. The molecule has 4 bridgehead atoms. The molecule has 0 aromatic heterocycles. The Morgan fingerprint density at radius 2 is 1.09 bits per heavy atom. The summed E-state index contributed by atoms with van der Waals surface area (Å²) in [4.78, 5) is 0. The summed E-state index contributed by atoms with van der Waals surface area (Å²) in [7, 11) is -1.82. The van der Waals surface area contributed by atoms with Gasteiger partial charge in [-0.1, -0.05) is 0 Å². The van der Waals surface area contributed by atoms with E-state index >= 15 is 0 Å². The van der Waals surface area contributed by atoms with Crippen molar-refractivity contribution >= 4 is 18.5 Å². The van der Waals surface area contributed by atoms with Gasteiger partial charge in [0.05, 0.1) is 0 Å². The van der Waals surface area contributed by atoms with Crippen LogP contribution in [0, 0.1) is 11.8 Å². The Kier molecular flexibility index (Phi) is 8.42. The Morgan fingerprint density at radius 3 is 1.44 bits per heavy atom. The number of halogens is 2. The molecule has 2 aromatic rings. The van der Waals surface area contributed by atoms with Gasteiger partial charge in [-0.3, -0.25) is 0 Å². The minimum absolute atomic E-state index is 0. The van der Waals surface area contributed by atoms with E-state index in [1.165, 1.54) is 24.0 Å². The van der Waals surface area contributed by atoms with Crippen molar-refractivity contribution in [3.63, 3.8) is 0 Å². The van der Waals surface area contributed by atoms with Gasteiger partial charge in [0, 0.05) is 0 Å². The molecule has 0 radical (unpaired) electrons. The zero-order valence-corrected chi connectivity index (χ0v) is 26.9. The molecule has 0 fully saturated rings. The molecule has 3 aliphatic rings. The van der Waals surface area contributed by atoms with Gasteiger partial charge >= 0.3 is 209 Å². The first-order valence-corrected chi connectivity index (χ1v) is 18.4. The Morgan fingerprint density at radius 1 is 0.706 bits per heavy atom. The Labute approximate surface area is 232 Å². The first-order valence-electron chi connectivity index (χ1n) is 12.5. The Hall–Kier alpha value is -0.400. The van der Waals surface area contributed by atoms with E-state index in [1.54, 1.807) is 43.8 Å². The van der Waals surface area contributed by atoms with Crippen molar-refractivity contribution in [1.82, 2.24) is 0 Å². The van der Waals surface area contributed by atoms with E-state index in [0.717, 1.165) is 7.25 Å². The van der Waals surface area contributed by atoms with Gasteiger partial charge in [-0.15, -0.1) is 0 Å². The summed E-state index contributed by atoms with van der Waals surface area (Å²) in [5.41, 5.74) is 13.3. The number of fused-ring (bicyclic) bond motifs is 8. The van der Waals surface area contributed by atoms with E-state index in [2.05, 4.69) is 91.0 Å². The SMILES string of the molecule is CC1=C2c3cc(CC(C)C)ccc3[CH]1[Zr+2][CH]1C(C)=C(c3cc(CC(C)C)ccc31)[Si]2(C)C.[Cl-].[Cl-]. The molecule has 0 N–H and O–H groups in total. The third-order valence-electron chi connectivity index (χ3n) is 7.92. The second-order valence-corrected chi connectivity index (χ2v) is 19.7. The second kappa shape index (κ2) is 10.2. The fraction of sp³-hybridized carbons (Fsp3) is 0.467. The van der Waals surface area contributed by atoms with Crippen LogP contribution in [0.1, 0.15) is 82.2 Å². The average Bonchev–Trinajstić information content (AvgIpc) is 3.13. The molecule has 2 aliphatic carbocycles. The van der Waals surface area contributed by atoms with Crippen molar-refractivity contribution < 1.29 is 48.0 Å². The van der Waals surface area contributed by atoms with E-state index in [1.807, 2.05) is 0 Å². The molecule has 4 heteroatoms. The van der Waals surface area contributed by atoms with Crippen LogP contribution in [0.3, 0.4) is 0 Å². The van der Waals surface area contributed by atoms with Crippen LogP contribution in [0.5, 0.6) is 0 Å². The molecule has 2 atom stereocenters. The van der Waals surface area contributed by atoms with Crippen LogP contribution in [-0.4, -0.2) is 8.07 Å². The maximum Gasteiger partial charge on any atom is -1.00 e. The molecule has 0 amide bonds. The standard InChI is InChI=1S/C30H38Si.2ClH.Zr/c1-19(2)13-23-9-11-25-15-21(5)29(27(25)17-23)31(7,8)30-22(6)16-26-12-10-24(14-20(3)4)18-28(26)30;;;/h9-12,15-20H,13-14H2,1-8H3;2*1H;/q;;;+2/p-2. The maximum atomic E-state index is 2.66. The molecule has 1 heterocycles. The van der Waals surface area contributed by atoms with E-state index in [4.69, 9.17) is 0 Å². The van der Waals surface area contributed by atoms with Crippen LogP contribution in [-0.2, 0) is 36.1 Å². The summed E-state index contributed by atoms with van der Waals surface area (Å²) >= 11 is -0.718. The second-order valence-electron chi connectivity index (χ2n) is 11.8. The third kappa shape index (κ3) is 4.44. The van der Waals surface area contributed by atoms with Gasteiger partial charge in [0.15, 0.2) is 0 Å². The van der Waals surface area contributed by atoms with Crippen molar-refractivity contribution in [3.8, 4) is 0 Å². The number of rotatable bonds is 4. The van der Waals surface area contributed by atoms with Crippen molar-refractivity contribution in [2.75, 3.05) is 0 Å². The minimum Gasteiger partial charge on any atom is -1.00 e. The molecule has 2 unspecified atom stereocenters.